The molecule has 6 heteroatoms. The quantitative estimate of drug-likeness (QED) is 0.802. The van der Waals surface area contributed by atoms with Crippen LogP contribution in [0.25, 0.3) is 0 Å². The van der Waals surface area contributed by atoms with Crippen LogP contribution < -0.4 is 4.90 Å². The average molecular weight is 384 g/mol. The number of anilines is 1. The molecule has 1 aliphatic carbocycles. The number of aromatic nitrogens is 4. The van der Waals surface area contributed by atoms with Gasteiger partial charge in [0.15, 0.2) is 0 Å². The molecule has 1 fully saturated rings. The van der Waals surface area contributed by atoms with E-state index >= 15 is 0 Å². The van der Waals surface area contributed by atoms with E-state index in [-0.39, 0.29) is 11.5 Å². The molecule has 0 aromatic carbocycles. The van der Waals surface area contributed by atoms with Gasteiger partial charge in [0.05, 0.1) is 24.0 Å². The number of imidazole rings is 1. The second-order valence-corrected chi connectivity index (χ2v) is 9.21. The molecule has 2 aliphatic rings. The van der Waals surface area contributed by atoms with E-state index < -0.39 is 0 Å². The smallest absolute Gasteiger partial charge is 0.136 e. The molecular weight excluding hydrogens is 350 g/mol. The van der Waals surface area contributed by atoms with Crippen LogP contribution in [0.3, 0.4) is 0 Å². The Hall–Kier alpha value is -1.95. The largest absolute Gasteiger partial charge is 0.378 e. The summed E-state index contributed by atoms with van der Waals surface area (Å²) >= 11 is 0. The number of fused-ring (bicyclic) bond motifs is 1. The summed E-state index contributed by atoms with van der Waals surface area (Å²) in [5.74, 6) is 3.09. The van der Waals surface area contributed by atoms with Crippen LogP contribution in [-0.4, -0.2) is 33.2 Å². The molecule has 2 aromatic rings. The van der Waals surface area contributed by atoms with E-state index in [1.54, 1.807) is 7.11 Å². The molecule has 3 heterocycles. The van der Waals surface area contributed by atoms with Crippen molar-refractivity contribution in [1.82, 2.24) is 19.5 Å². The Morgan fingerprint density at radius 1 is 1.11 bits per heavy atom. The van der Waals surface area contributed by atoms with E-state index in [1.165, 1.54) is 30.1 Å². The second-order valence-electron chi connectivity index (χ2n) is 9.21. The fraction of sp³-hybridized carbons (Fsp3) is 0.682. The van der Waals surface area contributed by atoms with Gasteiger partial charge in [0.1, 0.15) is 17.5 Å². The van der Waals surface area contributed by atoms with Gasteiger partial charge in [0.2, 0.25) is 0 Å². The summed E-state index contributed by atoms with van der Waals surface area (Å²) in [5, 5.41) is 0. The number of methoxy groups -OCH3 is 1. The Morgan fingerprint density at radius 2 is 1.89 bits per heavy atom. The molecular formula is C22H33N5O. The Balaban J connectivity index is 1.72. The van der Waals surface area contributed by atoms with Gasteiger partial charge in [-0.15, -0.1) is 0 Å². The van der Waals surface area contributed by atoms with Crippen molar-refractivity contribution in [2.24, 2.45) is 7.05 Å². The van der Waals surface area contributed by atoms with Crippen molar-refractivity contribution in [1.29, 1.82) is 0 Å². The van der Waals surface area contributed by atoms with Gasteiger partial charge >= 0.3 is 0 Å². The van der Waals surface area contributed by atoms with Crippen LogP contribution in [-0.2, 0) is 36.6 Å². The maximum absolute atomic E-state index is 5.37. The van der Waals surface area contributed by atoms with Crippen LogP contribution in [0.2, 0.25) is 0 Å². The van der Waals surface area contributed by atoms with Gasteiger partial charge in [0, 0.05) is 37.9 Å². The lowest BCUT2D eigenvalue weighted by atomic mass is 9.95. The standard InChI is InChI=1S/C22H33N5O/c1-22(2,3)21-23-15(14-28-5)13-19(25-21)27-12-8-11-18(27)20-24-16-9-6-7-10-17(16)26(20)4/h13,18H,6-12,14H2,1-5H3/t18-/m0/s1. The van der Waals surface area contributed by atoms with E-state index in [0.29, 0.717) is 6.61 Å². The van der Waals surface area contributed by atoms with Crippen LogP contribution in [0.1, 0.15) is 81.2 Å². The molecule has 0 spiro atoms. The highest BCUT2D eigenvalue weighted by Crippen LogP contribution is 2.37. The lowest BCUT2D eigenvalue weighted by molar-refractivity contribution is 0.181. The normalized spacial score (nSPS) is 19.9. The van der Waals surface area contributed by atoms with Crippen molar-refractivity contribution in [3.8, 4) is 0 Å². The van der Waals surface area contributed by atoms with Crippen LogP contribution in [0.15, 0.2) is 6.07 Å². The van der Waals surface area contributed by atoms with E-state index in [9.17, 15) is 0 Å². The Labute approximate surface area is 168 Å². The fourth-order valence-corrected chi connectivity index (χ4v) is 4.50. The third-order valence-corrected chi connectivity index (χ3v) is 5.98. The molecule has 1 atom stereocenters. The summed E-state index contributed by atoms with van der Waals surface area (Å²) in [7, 11) is 3.91. The molecule has 0 saturated carbocycles. The van der Waals surface area contributed by atoms with E-state index in [2.05, 4.69) is 43.4 Å². The highest BCUT2D eigenvalue weighted by molar-refractivity contribution is 5.44. The van der Waals surface area contributed by atoms with E-state index in [0.717, 1.165) is 49.6 Å². The first-order valence-corrected chi connectivity index (χ1v) is 10.6. The predicted octanol–water partition coefficient (Wildman–Crippen LogP) is 3.87. The first-order valence-electron chi connectivity index (χ1n) is 10.6. The molecule has 152 valence electrons. The molecule has 0 N–H and O–H groups in total. The number of nitrogens with zero attached hydrogens (tertiary/aromatic N) is 5. The third-order valence-electron chi connectivity index (χ3n) is 5.98. The van der Waals surface area contributed by atoms with Crippen molar-refractivity contribution in [2.45, 2.75) is 77.4 Å². The summed E-state index contributed by atoms with van der Waals surface area (Å²) in [5.41, 5.74) is 3.60. The number of aryl methyl sites for hydroxylation is 1. The maximum Gasteiger partial charge on any atom is 0.136 e. The number of ether oxygens (including phenoxy) is 1. The lowest BCUT2D eigenvalue weighted by Gasteiger charge is -2.28. The first-order chi connectivity index (χ1) is 13.4. The van der Waals surface area contributed by atoms with Crippen LogP contribution in [0, 0.1) is 0 Å². The summed E-state index contributed by atoms with van der Waals surface area (Å²) in [6.07, 6.45) is 7.11. The SMILES string of the molecule is COCc1cc(N2CCC[C@H]2c2nc3c(n2C)CCCC3)nc(C(C)(C)C)n1. The minimum atomic E-state index is -0.101. The Morgan fingerprint density at radius 3 is 2.61 bits per heavy atom. The third kappa shape index (κ3) is 3.54. The van der Waals surface area contributed by atoms with Gasteiger partial charge in [-0.2, -0.15) is 0 Å². The molecule has 0 unspecified atom stereocenters. The van der Waals surface area contributed by atoms with E-state index in [1.807, 2.05) is 0 Å². The van der Waals surface area contributed by atoms with Crippen molar-refractivity contribution >= 4 is 5.82 Å². The summed E-state index contributed by atoms with van der Waals surface area (Å²) < 4.78 is 7.73. The highest BCUT2D eigenvalue weighted by atomic mass is 16.5. The van der Waals surface area contributed by atoms with Crippen molar-refractivity contribution in [2.75, 3.05) is 18.6 Å². The Kier molecular flexibility index (Phi) is 5.17. The van der Waals surface area contributed by atoms with Crippen LogP contribution in [0.5, 0.6) is 0 Å². The van der Waals surface area contributed by atoms with Gasteiger partial charge in [-0.1, -0.05) is 20.8 Å². The van der Waals surface area contributed by atoms with E-state index in [4.69, 9.17) is 19.7 Å². The van der Waals surface area contributed by atoms with Crippen LogP contribution in [0.4, 0.5) is 5.82 Å². The van der Waals surface area contributed by atoms with Gasteiger partial charge < -0.3 is 14.2 Å². The number of rotatable bonds is 4. The molecule has 0 bridgehead atoms. The molecule has 6 nitrogen and oxygen atoms in total. The zero-order chi connectivity index (χ0) is 19.9. The zero-order valence-corrected chi connectivity index (χ0v) is 18.0. The lowest BCUT2D eigenvalue weighted by Crippen LogP contribution is -2.28. The molecule has 0 amide bonds. The summed E-state index contributed by atoms with van der Waals surface area (Å²) in [4.78, 5) is 17.3. The number of hydrogen-bond acceptors (Lipinski definition) is 5. The van der Waals surface area contributed by atoms with Crippen LogP contribution >= 0.6 is 0 Å². The molecule has 28 heavy (non-hydrogen) atoms. The molecule has 4 rings (SSSR count). The van der Waals surface area contributed by atoms with Gasteiger partial charge in [-0.3, -0.25) is 0 Å². The average Bonchev–Trinajstić information content (AvgIpc) is 3.26. The number of hydrogen-bond donors (Lipinski definition) is 0. The summed E-state index contributed by atoms with van der Waals surface area (Å²) in [6.45, 7) is 8.01. The maximum atomic E-state index is 5.37. The second kappa shape index (κ2) is 7.47. The minimum absolute atomic E-state index is 0.101. The zero-order valence-electron chi connectivity index (χ0n) is 18.0. The molecule has 1 aliphatic heterocycles. The van der Waals surface area contributed by atoms with Crippen molar-refractivity contribution in [3.63, 3.8) is 0 Å². The predicted molar refractivity (Wildman–Crippen MR) is 111 cm³/mol. The fourth-order valence-electron chi connectivity index (χ4n) is 4.50. The van der Waals surface area contributed by atoms with Gasteiger partial charge in [-0.25, -0.2) is 15.0 Å². The van der Waals surface area contributed by atoms with Gasteiger partial charge in [-0.05, 0) is 38.5 Å². The first kappa shape index (κ1) is 19.4. The highest BCUT2D eigenvalue weighted by Gasteiger charge is 2.33. The van der Waals surface area contributed by atoms with Crippen molar-refractivity contribution < 1.29 is 4.74 Å². The Bertz CT molecular complexity index is 851. The minimum Gasteiger partial charge on any atom is -0.378 e. The molecule has 0 radical (unpaired) electrons. The van der Waals surface area contributed by atoms with Crippen molar-refractivity contribution in [3.05, 3.63) is 34.8 Å². The molecule has 1 saturated heterocycles. The summed E-state index contributed by atoms with van der Waals surface area (Å²) in [6, 6.07) is 2.38. The topological polar surface area (TPSA) is 56.1 Å². The van der Waals surface area contributed by atoms with Gasteiger partial charge in [0.25, 0.3) is 0 Å². The monoisotopic (exact) mass is 383 g/mol. The molecule has 2 aromatic heterocycles.